The van der Waals surface area contributed by atoms with Gasteiger partial charge in [0.05, 0.1) is 16.5 Å². The summed E-state index contributed by atoms with van der Waals surface area (Å²) < 4.78 is 0.915. The van der Waals surface area contributed by atoms with Gasteiger partial charge in [-0.15, -0.1) is 11.3 Å². The number of fused-ring (bicyclic) bond motifs is 1. The van der Waals surface area contributed by atoms with Crippen molar-refractivity contribution in [1.29, 1.82) is 5.26 Å². The lowest BCUT2D eigenvalue weighted by molar-refractivity contribution is 0.100. The minimum absolute atomic E-state index is 0.449. The monoisotopic (exact) mass is 202 g/mol. The van der Waals surface area contributed by atoms with Crippen molar-refractivity contribution in [2.45, 2.75) is 0 Å². The Morgan fingerprint density at radius 1 is 1.50 bits per heavy atom. The molecule has 4 heteroatoms. The van der Waals surface area contributed by atoms with Gasteiger partial charge in [-0.25, -0.2) is 0 Å². The van der Waals surface area contributed by atoms with E-state index in [0.717, 1.165) is 10.1 Å². The van der Waals surface area contributed by atoms with Crippen LogP contribution in [0.25, 0.3) is 10.1 Å². The van der Waals surface area contributed by atoms with Crippen molar-refractivity contribution in [1.82, 2.24) is 0 Å². The van der Waals surface area contributed by atoms with Crippen LogP contribution in [-0.4, -0.2) is 5.91 Å². The molecule has 1 amide bonds. The van der Waals surface area contributed by atoms with Gasteiger partial charge in [-0.05, 0) is 18.2 Å². The zero-order valence-electron chi connectivity index (χ0n) is 7.15. The molecule has 0 bridgehead atoms. The first-order chi connectivity index (χ1) is 6.72. The van der Waals surface area contributed by atoms with E-state index < -0.39 is 5.91 Å². The second-order valence-electron chi connectivity index (χ2n) is 2.80. The molecule has 1 aromatic carbocycles. The number of carbonyl (C=O) groups excluding carboxylic acids is 1. The Balaban J connectivity index is 2.78. The van der Waals surface area contributed by atoms with Crippen molar-refractivity contribution in [3.05, 3.63) is 34.7 Å². The van der Waals surface area contributed by atoms with E-state index in [4.69, 9.17) is 11.0 Å². The van der Waals surface area contributed by atoms with Gasteiger partial charge in [0.1, 0.15) is 0 Å². The second-order valence-corrected chi connectivity index (χ2v) is 3.89. The molecule has 1 heterocycles. The summed E-state index contributed by atoms with van der Waals surface area (Å²) >= 11 is 1.31. The van der Waals surface area contributed by atoms with Crippen LogP contribution in [0.2, 0.25) is 0 Å². The number of nitrogens with two attached hydrogens (primary N) is 1. The minimum atomic E-state index is -0.449. The molecule has 0 radical (unpaired) electrons. The average molecular weight is 202 g/mol. The first-order valence-electron chi connectivity index (χ1n) is 3.95. The Morgan fingerprint density at radius 2 is 2.29 bits per heavy atom. The van der Waals surface area contributed by atoms with Gasteiger partial charge in [0.25, 0.3) is 5.91 Å². The van der Waals surface area contributed by atoms with Crippen molar-refractivity contribution in [2.24, 2.45) is 5.73 Å². The van der Waals surface area contributed by atoms with Crippen molar-refractivity contribution in [3.63, 3.8) is 0 Å². The molecule has 0 unspecified atom stereocenters. The lowest BCUT2D eigenvalue weighted by Gasteiger charge is -1.89. The molecule has 2 N–H and O–H groups in total. The van der Waals surface area contributed by atoms with Gasteiger partial charge >= 0.3 is 0 Å². The largest absolute Gasteiger partial charge is 0.365 e. The number of primary amides is 1. The Hall–Kier alpha value is -1.86. The summed E-state index contributed by atoms with van der Waals surface area (Å²) in [4.78, 5) is 11.4. The molecule has 2 rings (SSSR count). The van der Waals surface area contributed by atoms with Gasteiger partial charge in [0.2, 0.25) is 0 Å². The minimum Gasteiger partial charge on any atom is -0.365 e. The number of nitriles is 1. The highest BCUT2D eigenvalue weighted by Crippen LogP contribution is 2.27. The third-order valence-corrected chi connectivity index (χ3v) is 3.04. The third kappa shape index (κ3) is 1.24. The first-order valence-corrected chi connectivity index (χ1v) is 4.76. The molecule has 0 saturated carbocycles. The fourth-order valence-corrected chi connectivity index (χ4v) is 2.22. The maximum atomic E-state index is 10.9. The molecule has 2 aromatic rings. The lowest BCUT2D eigenvalue weighted by atomic mass is 10.1. The fourth-order valence-electron chi connectivity index (χ4n) is 1.28. The van der Waals surface area contributed by atoms with Gasteiger partial charge in [-0.1, -0.05) is 6.07 Å². The molecule has 68 valence electrons. The molecule has 14 heavy (non-hydrogen) atoms. The van der Waals surface area contributed by atoms with E-state index in [1.54, 1.807) is 18.2 Å². The predicted octanol–water partition coefficient (Wildman–Crippen LogP) is 1.87. The molecule has 0 aliphatic carbocycles. The number of hydrogen-bond donors (Lipinski definition) is 1. The van der Waals surface area contributed by atoms with Crippen LogP contribution in [0.15, 0.2) is 24.3 Å². The Kier molecular flexibility index (Phi) is 1.95. The van der Waals surface area contributed by atoms with Crippen LogP contribution in [0.3, 0.4) is 0 Å². The van der Waals surface area contributed by atoms with Crippen molar-refractivity contribution in [3.8, 4) is 6.07 Å². The molecule has 0 aliphatic heterocycles. The van der Waals surface area contributed by atoms with E-state index in [-0.39, 0.29) is 0 Å². The molecule has 3 nitrogen and oxygen atoms in total. The number of benzene rings is 1. The summed E-state index contributed by atoms with van der Waals surface area (Å²) in [6, 6.07) is 9.13. The van der Waals surface area contributed by atoms with Gasteiger partial charge in [-0.3, -0.25) is 4.79 Å². The van der Waals surface area contributed by atoms with Crippen LogP contribution in [0.5, 0.6) is 0 Å². The number of nitrogens with zero attached hydrogens (tertiary/aromatic N) is 1. The smallest absolute Gasteiger partial charge is 0.258 e. The molecular weight excluding hydrogens is 196 g/mol. The van der Waals surface area contributed by atoms with Crippen molar-refractivity contribution >= 4 is 27.3 Å². The molecule has 0 fully saturated rings. The average Bonchev–Trinajstić information content (AvgIpc) is 2.60. The van der Waals surface area contributed by atoms with Crippen LogP contribution in [0.4, 0.5) is 0 Å². The van der Waals surface area contributed by atoms with Crippen LogP contribution < -0.4 is 5.73 Å². The third-order valence-electron chi connectivity index (χ3n) is 1.92. The summed E-state index contributed by atoms with van der Waals surface area (Å²) in [5.74, 6) is -0.449. The standard InChI is InChI=1S/C10H6N2OS/c11-5-6-2-1-3-8-7(6)4-9(14-8)10(12)13/h1-4H,(H2,12,13). The quantitative estimate of drug-likeness (QED) is 0.767. The molecule has 0 atom stereocenters. The fraction of sp³-hybridized carbons (Fsp3) is 0. The Labute approximate surface area is 84.4 Å². The van der Waals surface area contributed by atoms with Crippen molar-refractivity contribution in [2.75, 3.05) is 0 Å². The predicted molar refractivity (Wildman–Crippen MR) is 55.1 cm³/mol. The highest BCUT2D eigenvalue weighted by atomic mass is 32.1. The topological polar surface area (TPSA) is 66.9 Å². The highest BCUT2D eigenvalue weighted by Gasteiger charge is 2.08. The van der Waals surface area contributed by atoms with E-state index in [9.17, 15) is 4.79 Å². The van der Waals surface area contributed by atoms with E-state index in [2.05, 4.69) is 6.07 Å². The maximum absolute atomic E-state index is 10.9. The molecule has 0 aliphatic rings. The molecule has 0 spiro atoms. The van der Waals surface area contributed by atoms with Crippen molar-refractivity contribution < 1.29 is 4.79 Å². The second kappa shape index (κ2) is 3.13. The van der Waals surface area contributed by atoms with Crippen LogP contribution >= 0.6 is 11.3 Å². The molecule has 1 aromatic heterocycles. The van der Waals surface area contributed by atoms with Crippen LogP contribution in [0.1, 0.15) is 15.2 Å². The summed E-state index contributed by atoms with van der Waals surface area (Å²) in [6.07, 6.45) is 0. The summed E-state index contributed by atoms with van der Waals surface area (Å²) in [5.41, 5.74) is 5.73. The first kappa shape index (κ1) is 8.73. The van der Waals surface area contributed by atoms with E-state index in [1.807, 2.05) is 6.07 Å². The number of thiophene rings is 1. The lowest BCUT2D eigenvalue weighted by Crippen LogP contribution is -2.08. The molecular formula is C10H6N2OS. The molecule has 0 saturated heterocycles. The zero-order valence-corrected chi connectivity index (χ0v) is 7.97. The number of hydrogen-bond acceptors (Lipinski definition) is 3. The summed E-state index contributed by atoms with van der Waals surface area (Å²) in [5, 5.41) is 9.62. The van der Waals surface area contributed by atoms with Gasteiger partial charge in [0.15, 0.2) is 0 Å². The maximum Gasteiger partial charge on any atom is 0.258 e. The SMILES string of the molecule is N#Cc1cccc2sc(C(N)=O)cc12. The number of rotatable bonds is 1. The van der Waals surface area contributed by atoms with Crippen LogP contribution in [0, 0.1) is 11.3 Å². The normalized spacial score (nSPS) is 9.93. The summed E-state index contributed by atoms with van der Waals surface area (Å²) in [6.45, 7) is 0. The number of carbonyl (C=O) groups is 1. The van der Waals surface area contributed by atoms with Gasteiger partial charge < -0.3 is 5.73 Å². The van der Waals surface area contributed by atoms with E-state index in [0.29, 0.717) is 10.4 Å². The Morgan fingerprint density at radius 3 is 2.93 bits per heavy atom. The summed E-state index contributed by atoms with van der Waals surface area (Å²) in [7, 11) is 0. The highest BCUT2D eigenvalue weighted by molar-refractivity contribution is 7.20. The van der Waals surface area contributed by atoms with Crippen LogP contribution in [-0.2, 0) is 0 Å². The van der Waals surface area contributed by atoms with E-state index in [1.165, 1.54) is 11.3 Å². The zero-order chi connectivity index (χ0) is 10.1. The van der Waals surface area contributed by atoms with Gasteiger partial charge in [0, 0.05) is 10.1 Å². The van der Waals surface area contributed by atoms with E-state index >= 15 is 0 Å². The van der Waals surface area contributed by atoms with Gasteiger partial charge in [-0.2, -0.15) is 5.26 Å². The Bertz CT molecular complexity index is 551. The number of amides is 1.